The molecule has 0 spiro atoms. The van der Waals surface area contributed by atoms with Crippen LogP contribution in [-0.4, -0.2) is 23.1 Å². The molecule has 18 heavy (non-hydrogen) atoms. The van der Waals surface area contributed by atoms with E-state index in [0.717, 1.165) is 12.6 Å². The van der Waals surface area contributed by atoms with E-state index in [1.165, 1.54) is 31.2 Å². The van der Waals surface area contributed by atoms with E-state index in [9.17, 15) is 0 Å². The van der Waals surface area contributed by atoms with Crippen LogP contribution in [0.2, 0.25) is 0 Å². The molecule has 0 aliphatic heterocycles. The lowest BCUT2D eigenvalue weighted by Crippen LogP contribution is -2.42. The van der Waals surface area contributed by atoms with Crippen LogP contribution in [0, 0.1) is 0 Å². The lowest BCUT2D eigenvalue weighted by molar-refractivity contribution is 0.295. The molecule has 0 radical (unpaired) electrons. The smallest absolute Gasteiger partial charge is 0.0312 e. The first-order valence-electron chi connectivity index (χ1n) is 7.12. The number of nitrogens with zero attached hydrogens (tertiary/aromatic N) is 1. The first-order chi connectivity index (χ1) is 8.74. The Labute approximate surface area is 110 Å². The molecule has 1 aliphatic carbocycles. The number of rotatable bonds is 5. The Kier molecular flexibility index (Phi) is 5.14. The fourth-order valence-corrected chi connectivity index (χ4v) is 2.70. The normalized spacial score (nSPS) is 24.4. The van der Waals surface area contributed by atoms with Crippen LogP contribution in [0.3, 0.4) is 0 Å². The Morgan fingerprint density at radius 3 is 2.56 bits per heavy atom. The van der Waals surface area contributed by atoms with Gasteiger partial charge in [-0.15, -0.1) is 0 Å². The largest absolute Gasteiger partial charge is 0.312 e. The molecule has 0 unspecified atom stereocenters. The molecule has 1 aliphatic rings. The first kappa shape index (κ1) is 13.5. The predicted octanol–water partition coefficient (Wildman–Crippen LogP) is 2.48. The minimum Gasteiger partial charge on any atom is -0.312 e. The summed E-state index contributed by atoms with van der Waals surface area (Å²) < 4.78 is 0. The molecule has 1 fully saturated rings. The summed E-state index contributed by atoms with van der Waals surface area (Å²) in [6.45, 7) is 5.40. The van der Waals surface area contributed by atoms with Crippen LogP contribution in [0.1, 0.15) is 45.1 Å². The van der Waals surface area contributed by atoms with Crippen LogP contribution >= 0.6 is 0 Å². The average molecular weight is 247 g/mol. The number of aromatic nitrogens is 1. The summed E-state index contributed by atoms with van der Waals surface area (Å²) >= 11 is 0. The maximum Gasteiger partial charge on any atom is 0.0312 e. The second kappa shape index (κ2) is 6.86. The fraction of sp³-hybridized carbons (Fsp3) is 0.667. The van der Waals surface area contributed by atoms with Gasteiger partial charge in [-0.1, -0.05) is 19.9 Å². The van der Waals surface area contributed by atoms with Crippen LogP contribution in [0.25, 0.3) is 0 Å². The minimum atomic E-state index is 0.606. The van der Waals surface area contributed by atoms with Gasteiger partial charge in [-0.25, -0.2) is 0 Å². The van der Waals surface area contributed by atoms with Gasteiger partial charge in [-0.2, -0.15) is 0 Å². The number of pyridine rings is 1. The standard InChI is InChI=1S/C15H25N3/c1-12(2)18-15-7-5-14(6-8-15)17-11-13-4-3-9-16-10-13/h3-4,9-10,12,14-15,17-18H,5-8,11H2,1-2H3. The van der Waals surface area contributed by atoms with Crippen molar-refractivity contribution in [2.75, 3.05) is 0 Å². The maximum absolute atomic E-state index is 4.14. The molecule has 0 aromatic carbocycles. The van der Waals surface area contributed by atoms with Crippen molar-refractivity contribution in [2.45, 2.75) is 64.2 Å². The SMILES string of the molecule is CC(C)NC1CCC(NCc2cccnc2)CC1. The molecule has 3 nitrogen and oxygen atoms in total. The molecule has 1 saturated carbocycles. The van der Waals surface area contributed by atoms with Gasteiger partial charge >= 0.3 is 0 Å². The summed E-state index contributed by atoms with van der Waals surface area (Å²) in [6.07, 6.45) is 8.92. The molecule has 1 aromatic heterocycles. The van der Waals surface area contributed by atoms with Gasteiger partial charge in [0.25, 0.3) is 0 Å². The number of hydrogen-bond acceptors (Lipinski definition) is 3. The second-order valence-corrected chi connectivity index (χ2v) is 5.61. The highest BCUT2D eigenvalue weighted by Crippen LogP contribution is 2.19. The topological polar surface area (TPSA) is 37.0 Å². The van der Waals surface area contributed by atoms with Crippen molar-refractivity contribution in [3.8, 4) is 0 Å². The van der Waals surface area contributed by atoms with Crippen LogP contribution in [-0.2, 0) is 6.54 Å². The van der Waals surface area contributed by atoms with Crippen molar-refractivity contribution < 1.29 is 0 Å². The number of hydrogen-bond donors (Lipinski definition) is 2. The third-order valence-electron chi connectivity index (χ3n) is 3.61. The van der Waals surface area contributed by atoms with Crippen molar-refractivity contribution in [3.63, 3.8) is 0 Å². The molecule has 100 valence electrons. The minimum absolute atomic E-state index is 0.606. The fourth-order valence-electron chi connectivity index (χ4n) is 2.70. The zero-order valence-electron chi connectivity index (χ0n) is 11.5. The molecule has 2 rings (SSSR count). The summed E-state index contributed by atoms with van der Waals surface area (Å²) in [7, 11) is 0. The third-order valence-corrected chi connectivity index (χ3v) is 3.61. The average Bonchev–Trinajstić information content (AvgIpc) is 2.38. The van der Waals surface area contributed by atoms with Gasteiger partial charge in [0, 0.05) is 37.1 Å². The third kappa shape index (κ3) is 4.39. The molecule has 3 heteroatoms. The first-order valence-corrected chi connectivity index (χ1v) is 7.12. The molecule has 0 bridgehead atoms. The second-order valence-electron chi connectivity index (χ2n) is 5.61. The molecule has 0 saturated heterocycles. The molecule has 2 N–H and O–H groups in total. The number of nitrogens with one attached hydrogen (secondary N) is 2. The maximum atomic E-state index is 4.14. The summed E-state index contributed by atoms with van der Waals surface area (Å²) in [5.41, 5.74) is 1.28. The van der Waals surface area contributed by atoms with Crippen molar-refractivity contribution in [1.29, 1.82) is 0 Å². The van der Waals surface area contributed by atoms with Crippen molar-refractivity contribution in [2.24, 2.45) is 0 Å². The highest BCUT2D eigenvalue weighted by molar-refractivity contribution is 5.08. The highest BCUT2D eigenvalue weighted by atomic mass is 15.0. The van der Waals surface area contributed by atoms with E-state index in [4.69, 9.17) is 0 Å². The van der Waals surface area contributed by atoms with Gasteiger partial charge in [0.1, 0.15) is 0 Å². The Morgan fingerprint density at radius 1 is 1.22 bits per heavy atom. The summed E-state index contributed by atoms with van der Waals surface area (Å²) in [6, 6.07) is 6.14. The van der Waals surface area contributed by atoms with E-state index in [-0.39, 0.29) is 0 Å². The van der Waals surface area contributed by atoms with Gasteiger partial charge in [-0.05, 0) is 37.3 Å². The van der Waals surface area contributed by atoms with Gasteiger partial charge in [0.2, 0.25) is 0 Å². The quantitative estimate of drug-likeness (QED) is 0.839. The monoisotopic (exact) mass is 247 g/mol. The van der Waals surface area contributed by atoms with E-state index in [0.29, 0.717) is 12.1 Å². The van der Waals surface area contributed by atoms with E-state index in [1.54, 1.807) is 0 Å². The summed E-state index contributed by atoms with van der Waals surface area (Å²) in [4.78, 5) is 4.14. The lowest BCUT2D eigenvalue weighted by atomic mass is 9.90. The lowest BCUT2D eigenvalue weighted by Gasteiger charge is -2.31. The Hall–Kier alpha value is -0.930. The molecule has 1 heterocycles. The zero-order valence-corrected chi connectivity index (χ0v) is 11.5. The highest BCUT2D eigenvalue weighted by Gasteiger charge is 2.20. The zero-order chi connectivity index (χ0) is 12.8. The molecule has 0 amide bonds. The van der Waals surface area contributed by atoms with E-state index in [1.807, 2.05) is 18.5 Å². The van der Waals surface area contributed by atoms with E-state index >= 15 is 0 Å². The molecular weight excluding hydrogens is 222 g/mol. The van der Waals surface area contributed by atoms with Crippen molar-refractivity contribution in [3.05, 3.63) is 30.1 Å². The van der Waals surface area contributed by atoms with E-state index < -0.39 is 0 Å². The molecular formula is C15H25N3. The summed E-state index contributed by atoms with van der Waals surface area (Å²) in [5.74, 6) is 0. The van der Waals surface area contributed by atoms with Crippen LogP contribution in [0.4, 0.5) is 0 Å². The van der Waals surface area contributed by atoms with E-state index in [2.05, 4.69) is 35.5 Å². The van der Waals surface area contributed by atoms with Crippen LogP contribution in [0.5, 0.6) is 0 Å². The van der Waals surface area contributed by atoms with Crippen molar-refractivity contribution in [1.82, 2.24) is 15.6 Å². The Balaban J connectivity index is 1.68. The van der Waals surface area contributed by atoms with Gasteiger partial charge < -0.3 is 10.6 Å². The van der Waals surface area contributed by atoms with Gasteiger partial charge in [0.05, 0.1) is 0 Å². The predicted molar refractivity (Wildman–Crippen MR) is 75.4 cm³/mol. The van der Waals surface area contributed by atoms with Gasteiger partial charge in [0.15, 0.2) is 0 Å². The molecule has 1 aromatic rings. The van der Waals surface area contributed by atoms with Crippen molar-refractivity contribution >= 4 is 0 Å². The summed E-state index contributed by atoms with van der Waals surface area (Å²) in [5, 5.41) is 7.28. The van der Waals surface area contributed by atoms with Crippen LogP contribution < -0.4 is 10.6 Å². The van der Waals surface area contributed by atoms with Crippen LogP contribution in [0.15, 0.2) is 24.5 Å². The Bertz CT molecular complexity index is 329. The van der Waals surface area contributed by atoms with Gasteiger partial charge in [-0.3, -0.25) is 4.98 Å². The molecule has 0 atom stereocenters. The Morgan fingerprint density at radius 2 is 1.94 bits per heavy atom.